The first-order valence-electron chi connectivity index (χ1n) is 3.55. The summed E-state index contributed by atoms with van der Waals surface area (Å²) in [7, 11) is 0. The fourth-order valence-corrected chi connectivity index (χ4v) is 1.47. The van der Waals surface area contributed by atoms with Gasteiger partial charge in [-0.15, -0.1) is 0 Å². The van der Waals surface area contributed by atoms with Crippen LogP contribution in [0, 0.1) is 11.3 Å². The number of ketones is 1. The number of halogens is 1. The van der Waals surface area contributed by atoms with Gasteiger partial charge in [-0.2, -0.15) is 5.26 Å². The van der Waals surface area contributed by atoms with Crippen LogP contribution in [-0.4, -0.2) is 5.78 Å². The number of hydrogen-bond acceptors (Lipinski definition) is 2. The lowest BCUT2D eigenvalue weighted by molar-refractivity contribution is 0.104. The predicted molar refractivity (Wildman–Crippen MR) is 53.4 cm³/mol. The van der Waals surface area contributed by atoms with Crippen LogP contribution in [0.4, 0.5) is 0 Å². The van der Waals surface area contributed by atoms with Gasteiger partial charge >= 0.3 is 0 Å². The zero-order valence-corrected chi connectivity index (χ0v) is 8.34. The molecule has 1 aromatic rings. The second-order valence-electron chi connectivity index (χ2n) is 2.37. The van der Waals surface area contributed by atoms with Crippen molar-refractivity contribution in [1.29, 1.82) is 5.26 Å². The van der Waals surface area contributed by atoms with E-state index in [-0.39, 0.29) is 5.78 Å². The molecule has 0 radical (unpaired) electrons. The van der Waals surface area contributed by atoms with Gasteiger partial charge in [0.05, 0.1) is 11.6 Å². The Morgan fingerprint density at radius 2 is 2.31 bits per heavy atom. The highest BCUT2D eigenvalue weighted by molar-refractivity contribution is 9.10. The molecule has 13 heavy (non-hydrogen) atoms. The molecular weight excluding hydrogens is 230 g/mol. The minimum Gasteiger partial charge on any atom is -0.289 e. The number of rotatable bonds is 2. The van der Waals surface area contributed by atoms with Crippen LogP contribution in [-0.2, 0) is 0 Å². The van der Waals surface area contributed by atoms with Gasteiger partial charge in [0.1, 0.15) is 0 Å². The van der Waals surface area contributed by atoms with Crippen molar-refractivity contribution < 1.29 is 4.79 Å². The average Bonchev–Trinajstić information content (AvgIpc) is 2.16. The predicted octanol–water partition coefficient (Wildman–Crippen LogP) is 2.69. The molecule has 0 heterocycles. The van der Waals surface area contributed by atoms with E-state index in [9.17, 15) is 4.79 Å². The molecule has 2 nitrogen and oxygen atoms in total. The molecule has 0 aliphatic heterocycles. The Hall–Kier alpha value is -1.40. The molecule has 0 fully saturated rings. The fourth-order valence-electron chi connectivity index (χ4n) is 0.894. The summed E-state index contributed by atoms with van der Waals surface area (Å²) in [6.07, 6.45) is 1.24. The Morgan fingerprint density at radius 1 is 1.62 bits per heavy atom. The highest BCUT2D eigenvalue weighted by atomic mass is 79.9. The van der Waals surface area contributed by atoms with Crippen LogP contribution in [0.25, 0.3) is 0 Å². The Balaban J connectivity index is 3.21. The lowest BCUT2D eigenvalue weighted by atomic mass is 10.1. The lowest BCUT2D eigenvalue weighted by Gasteiger charge is -1.99. The third-order valence-corrected chi connectivity index (χ3v) is 2.21. The van der Waals surface area contributed by atoms with E-state index >= 15 is 0 Å². The van der Waals surface area contributed by atoms with Crippen LogP contribution in [0.2, 0.25) is 0 Å². The molecule has 0 N–H and O–H groups in total. The minimum absolute atomic E-state index is 0.156. The summed E-state index contributed by atoms with van der Waals surface area (Å²) >= 11 is 3.21. The van der Waals surface area contributed by atoms with Gasteiger partial charge < -0.3 is 0 Å². The average molecular weight is 236 g/mol. The Kier molecular flexibility index (Phi) is 2.99. The molecule has 0 bridgehead atoms. The van der Waals surface area contributed by atoms with E-state index in [0.29, 0.717) is 15.6 Å². The van der Waals surface area contributed by atoms with Gasteiger partial charge in [0, 0.05) is 10.0 Å². The van der Waals surface area contributed by atoms with Crippen LogP contribution in [0.1, 0.15) is 15.9 Å². The largest absolute Gasteiger partial charge is 0.289 e. The molecule has 1 aromatic carbocycles. The standard InChI is InChI=1S/C10H6BrNO/c1-2-10(13)8-4-3-7(6-12)5-9(8)11/h2-5H,1H2. The number of carbonyl (C=O) groups excluding carboxylic acids is 1. The summed E-state index contributed by atoms with van der Waals surface area (Å²) in [5.74, 6) is -0.156. The first-order chi connectivity index (χ1) is 6.19. The summed E-state index contributed by atoms with van der Waals surface area (Å²) < 4.78 is 0.622. The van der Waals surface area contributed by atoms with E-state index in [1.807, 2.05) is 6.07 Å². The molecule has 0 aliphatic rings. The third kappa shape index (κ3) is 2.04. The smallest absolute Gasteiger partial charge is 0.186 e. The van der Waals surface area contributed by atoms with E-state index in [4.69, 9.17) is 5.26 Å². The molecule has 0 spiro atoms. The molecule has 0 aliphatic carbocycles. The van der Waals surface area contributed by atoms with Gasteiger partial charge in [0.15, 0.2) is 5.78 Å². The minimum atomic E-state index is -0.156. The first-order valence-corrected chi connectivity index (χ1v) is 4.34. The van der Waals surface area contributed by atoms with Gasteiger partial charge in [-0.25, -0.2) is 0 Å². The van der Waals surface area contributed by atoms with Gasteiger partial charge in [-0.3, -0.25) is 4.79 Å². The molecule has 0 atom stereocenters. The maximum absolute atomic E-state index is 11.2. The van der Waals surface area contributed by atoms with Gasteiger partial charge in [-0.05, 0) is 40.2 Å². The van der Waals surface area contributed by atoms with Gasteiger partial charge in [-0.1, -0.05) is 6.58 Å². The van der Waals surface area contributed by atoms with Crippen molar-refractivity contribution in [1.82, 2.24) is 0 Å². The Morgan fingerprint density at radius 3 is 2.77 bits per heavy atom. The van der Waals surface area contributed by atoms with E-state index in [1.165, 1.54) is 6.08 Å². The monoisotopic (exact) mass is 235 g/mol. The topological polar surface area (TPSA) is 40.9 Å². The van der Waals surface area contributed by atoms with Crippen molar-refractivity contribution in [3.05, 3.63) is 46.5 Å². The van der Waals surface area contributed by atoms with Crippen molar-refractivity contribution in [3.8, 4) is 6.07 Å². The van der Waals surface area contributed by atoms with Crippen molar-refractivity contribution >= 4 is 21.7 Å². The molecule has 64 valence electrons. The fraction of sp³-hybridized carbons (Fsp3) is 0. The zero-order chi connectivity index (χ0) is 9.84. The quantitative estimate of drug-likeness (QED) is 0.585. The molecule has 0 amide bonds. The number of nitriles is 1. The summed E-state index contributed by atoms with van der Waals surface area (Å²) in [6.45, 7) is 3.39. The molecule has 1 rings (SSSR count). The van der Waals surface area contributed by atoms with Gasteiger partial charge in [0.2, 0.25) is 0 Å². The summed E-state index contributed by atoms with van der Waals surface area (Å²) in [6, 6.07) is 6.80. The number of hydrogen-bond donors (Lipinski definition) is 0. The van der Waals surface area contributed by atoms with Crippen LogP contribution in [0.5, 0.6) is 0 Å². The van der Waals surface area contributed by atoms with Crippen LogP contribution >= 0.6 is 15.9 Å². The summed E-state index contributed by atoms with van der Waals surface area (Å²) in [5, 5.41) is 8.57. The number of benzene rings is 1. The molecule has 0 saturated heterocycles. The van der Waals surface area contributed by atoms with Crippen molar-refractivity contribution in [2.24, 2.45) is 0 Å². The maximum Gasteiger partial charge on any atom is 0.186 e. The van der Waals surface area contributed by atoms with Crippen molar-refractivity contribution in [2.75, 3.05) is 0 Å². The van der Waals surface area contributed by atoms with Crippen LogP contribution in [0.3, 0.4) is 0 Å². The highest BCUT2D eigenvalue weighted by Gasteiger charge is 2.06. The third-order valence-electron chi connectivity index (χ3n) is 1.55. The summed E-state index contributed by atoms with van der Waals surface area (Å²) in [5.41, 5.74) is 1.04. The SMILES string of the molecule is C=CC(=O)c1ccc(C#N)cc1Br. The second kappa shape index (κ2) is 4.01. The van der Waals surface area contributed by atoms with E-state index < -0.39 is 0 Å². The van der Waals surface area contributed by atoms with E-state index in [2.05, 4.69) is 22.5 Å². The van der Waals surface area contributed by atoms with E-state index in [1.54, 1.807) is 18.2 Å². The number of nitrogens with zero attached hydrogens (tertiary/aromatic N) is 1. The second-order valence-corrected chi connectivity index (χ2v) is 3.23. The van der Waals surface area contributed by atoms with Crippen molar-refractivity contribution in [2.45, 2.75) is 0 Å². The molecule has 3 heteroatoms. The molecule has 0 aromatic heterocycles. The molecule has 0 unspecified atom stereocenters. The van der Waals surface area contributed by atoms with Gasteiger partial charge in [0.25, 0.3) is 0 Å². The molecular formula is C10H6BrNO. The Bertz CT molecular complexity index is 404. The molecule has 0 saturated carbocycles. The Labute approximate surface area is 84.6 Å². The lowest BCUT2D eigenvalue weighted by Crippen LogP contribution is -1.95. The van der Waals surface area contributed by atoms with E-state index in [0.717, 1.165) is 0 Å². The number of carbonyl (C=O) groups is 1. The van der Waals surface area contributed by atoms with Crippen molar-refractivity contribution in [3.63, 3.8) is 0 Å². The summed E-state index contributed by atoms with van der Waals surface area (Å²) in [4.78, 5) is 11.2. The highest BCUT2D eigenvalue weighted by Crippen LogP contribution is 2.18. The van der Waals surface area contributed by atoms with Crippen LogP contribution in [0.15, 0.2) is 35.3 Å². The first kappa shape index (κ1) is 9.69. The zero-order valence-electron chi connectivity index (χ0n) is 6.75. The normalized spacial score (nSPS) is 8.92. The van der Waals surface area contributed by atoms with Crippen LogP contribution < -0.4 is 0 Å². The maximum atomic E-state index is 11.2. The number of allylic oxidation sites excluding steroid dienone is 1.